The molecule has 128 valence electrons. The second kappa shape index (κ2) is 6.99. The van der Waals surface area contributed by atoms with E-state index >= 15 is 0 Å². The summed E-state index contributed by atoms with van der Waals surface area (Å²) in [5.74, 6) is 0.145. The van der Waals surface area contributed by atoms with Crippen molar-refractivity contribution in [3.05, 3.63) is 65.7 Å². The molecule has 1 N–H and O–H groups in total. The molecule has 0 spiro atoms. The highest BCUT2D eigenvalue weighted by atomic mass is 35.5. The van der Waals surface area contributed by atoms with Crippen molar-refractivity contribution in [2.45, 2.75) is 13.0 Å². The summed E-state index contributed by atoms with van der Waals surface area (Å²) >= 11 is 5.92. The molecule has 1 unspecified atom stereocenters. The minimum atomic E-state index is -0.591. The minimum Gasteiger partial charge on any atom is -0.479 e. The van der Waals surface area contributed by atoms with Gasteiger partial charge in [-0.25, -0.2) is 0 Å². The van der Waals surface area contributed by atoms with Crippen molar-refractivity contribution in [1.29, 1.82) is 0 Å². The number of anilines is 2. The highest BCUT2D eigenvalue weighted by Gasteiger charge is 2.30. The number of hydrogen-bond donors (Lipinski definition) is 1. The van der Waals surface area contributed by atoms with Crippen LogP contribution >= 0.6 is 11.6 Å². The van der Waals surface area contributed by atoms with Crippen LogP contribution in [0.25, 0.3) is 0 Å². The molecule has 0 aromatic heterocycles. The number of rotatable bonds is 4. The van der Waals surface area contributed by atoms with Gasteiger partial charge in [0.15, 0.2) is 6.10 Å². The van der Waals surface area contributed by atoms with E-state index in [0.29, 0.717) is 34.3 Å². The fourth-order valence-electron chi connectivity index (χ4n) is 2.64. The lowest BCUT2D eigenvalue weighted by Gasteiger charge is -2.32. The summed E-state index contributed by atoms with van der Waals surface area (Å²) in [6.07, 6.45) is 1.07. The summed E-state index contributed by atoms with van der Waals surface area (Å²) in [7, 11) is 0. The number of carbonyl (C=O) groups is 2. The van der Waals surface area contributed by atoms with Crippen LogP contribution in [-0.4, -0.2) is 24.5 Å². The molecule has 6 heteroatoms. The van der Waals surface area contributed by atoms with E-state index in [1.165, 1.54) is 0 Å². The summed E-state index contributed by atoms with van der Waals surface area (Å²) in [5, 5.41) is 3.30. The fourth-order valence-corrected chi connectivity index (χ4v) is 2.83. The Morgan fingerprint density at radius 3 is 2.88 bits per heavy atom. The number of halogens is 1. The summed E-state index contributed by atoms with van der Waals surface area (Å²) in [6, 6.07) is 11.9. The van der Waals surface area contributed by atoms with Gasteiger partial charge in [-0.2, -0.15) is 0 Å². The Morgan fingerprint density at radius 1 is 1.36 bits per heavy atom. The first-order valence-electron chi connectivity index (χ1n) is 7.79. The molecule has 2 aromatic carbocycles. The Morgan fingerprint density at radius 2 is 2.16 bits per heavy atom. The van der Waals surface area contributed by atoms with Crippen LogP contribution in [0.1, 0.15) is 17.3 Å². The van der Waals surface area contributed by atoms with Crippen LogP contribution in [0.4, 0.5) is 11.4 Å². The van der Waals surface area contributed by atoms with E-state index in [2.05, 4.69) is 11.9 Å². The molecule has 1 aliphatic rings. The van der Waals surface area contributed by atoms with Crippen molar-refractivity contribution in [1.82, 2.24) is 0 Å². The maximum absolute atomic E-state index is 12.3. The summed E-state index contributed by atoms with van der Waals surface area (Å²) in [5.41, 5.74) is 1.69. The molecule has 25 heavy (non-hydrogen) atoms. The highest BCUT2D eigenvalue weighted by Crippen LogP contribution is 2.36. The van der Waals surface area contributed by atoms with Crippen LogP contribution in [0, 0.1) is 0 Å². The monoisotopic (exact) mass is 356 g/mol. The van der Waals surface area contributed by atoms with Crippen LogP contribution in [0.3, 0.4) is 0 Å². The van der Waals surface area contributed by atoms with E-state index in [-0.39, 0.29) is 11.8 Å². The largest absolute Gasteiger partial charge is 0.479 e. The number of amides is 2. The fraction of sp³-hybridized carbons (Fsp3) is 0.158. The minimum absolute atomic E-state index is 0.122. The molecule has 0 fully saturated rings. The van der Waals surface area contributed by atoms with Crippen molar-refractivity contribution in [2.75, 3.05) is 16.8 Å². The standard InChI is InChI=1S/C19H17ClN2O3/c1-3-9-22-16-8-7-15(11-17(16)25-12(2)19(22)24)21-18(23)13-5-4-6-14(20)10-13/h3-8,10-12H,1,9H2,2H3,(H,21,23). The first-order chi connectivity index (χ1) is 12.0. The molecular weight excluding hydrogens is 340 g/mol. The van der Waals surface area contributed by atoms with Gasteiger partial charge in [0.1, 0.15) is 5.75 Å². The molecule has 2 aromatic rings. The summed E-state index contributed by atoms with van der Waals surface area (Å²) < 4.78 is 5.67. The van der Waals surface area contributed by atoms with E-state index in [4.69, 9.17) is 16.3 Å². The Balaban J connectivity index is 1.86. The Labute approximate surface area is 150 Å². The zero-order chi connectivity index (χ0) is 18.0. The zero-order valence-electron chi connectivity index (χ0n) is 13.7. The van der Waals surface area contributed by atoms with Gasteiger partial charge in [0.2, 0.25) is 0 Å². The lowest BCUT2D eigenvalue weighted by molar-refractivity contribution is -0.125. The third-order valence-electron chi connectivity index (χ3n) is 3.82. The molecule has 0 saturated heterocycles. The van der Waals surface area contributed by atoms with Crippen molar-refractivity contribution in [3.63, 3.8) is 0 Å². The van der Waals surface area contributed by atoms with Crippen molar-refractivity contribution in [3.8, 4) is 5.75 Å². The van der Waals surface area contributed by atoms with Crippen LogP contribution in [0.15, 0.2) is 55.1 Å². The number of ether oxygens (including phenoxy) is 1. The average molecular weight is 357 g/mol. The van der Waals surface area contributed by atoms with E-state index in [9.17, 15) is 9.59 Å². The molecule has 5 nitrogen and oxygen atoms in total. The quantitative estimate of drug-likeness (QED) is 0.845. The third kappa shape index (κ3) is 3.51. The van der Waals surface area contributed by atoms with Gasteiger partial charge in [-0.3, -0.25) is 9.59 Å². The predicted molar refractivity (Wildman–Crippen MR) is 98.5 cm³/mol. The van der Waals surface area contributed by atoms with E-state index in [0.717, 1.165) is 0 Å². The van der Waals surface area contributed by atoms with Crippen LogP contribution in [-0.2, 0) is 4.79 Å². The van der Waals surface area contributed by atoms with Gasteiger partial charge in [0, 0.05) is 28.9 Å². The number of nitrogens with one attached hydrogen (secondary N) is 1. The molecule has 0 bridgehead atoms. The molecule has 1 atom stereocenters. The highest BCUT2D eigenvalue weighted by molar-refractivity contribution is 6.31. The predicted octanol–water partition coefficient (Wildman–Crippen LogP) is 3.89. The topological polar surface area (TPSA) is 58.6 Å². The molecule has 0 radical (unpaired) electrons. The zero-order valence-corrected chi connectivity index (χ0v) is 14.4. The third-order valence-corrected chi connectivity index (χ3v) is 4.06. The van der Waals surface area contributed by atoms with Gasteiger partial charge in [-0.15, -0.1) is 6.58 Å². The number of hydrogen-bond acceptors (Lipinski definition) is 3. The lowest BCUT2D eigenvalue weighted by atomic mass is 10.1. The van der Waals surface area contributed by atoms with Gasteiger partial charge in [0.05, 0.1) is 5.69 Å². The Bertz CT molecular complexity index is 850. The molecular formula is C19H17ClN2O3. The van der Waals surface area contributed by atoms with Crippen LogP contribution in [0.5, 0.6) is 5.75 Å². The van der Waals surface area contributed by atoms with Gasteiger partial charge < -0.3 is 15.0 Å². The van der Waals surface area contributed by atoms with Gasteiger partial charge in [-0.05, 0) is 37.3 Å². The molecule has 0 aliphatic carbocycles. The Hall–Kier alpha value is -2.79. The number of carbonyl (C=O) groups excluding carboxylic acids is 2. The van der Waals surface area contributed by atoms with Crippen LogP contribution < -0.4 is 15.0 Å². The second-order valence-corrected chi connectivity index (χ2v) is 6.08. The van der Waals surface area contributed by atoms with Crippen molar-refractivity contribution < 1.29 is 14.3 Å². The van der Waals surface area contributed by atoms with Crippen molar-refractivity contribution in [2.24, 2.45) is 0 Å². The second-order valence-electron chi connectivity index (χ2n) is 5.64. The number of fused-ring (bicyclic) bond motifs is 1. The molecule has 1 aliphatic heterocycles. The maximum atomic E-state index is 12.3. The van der Waals surface area contributed by atoms with Gasteiger partial charge in [0.25, 0.3) is 11.8 Å². The molecule has 3 rings (SSSR count). The van der Waals surface area contributed by atoms with Gasteiger partial charge >= 0.3 is 0 Å². The SMILES string of the molecule is C=CCN1C(=O)C(C)Oc2cc(NC(=O)c3cccc(Cl)c3)ccc21. The van der Waals surface area contributed by atoms with E-state index < -0.39 is 6.10 Å². The molecule has 2 amide bonds. The number of benzene rings is 2. The normalized spacial score (nSPS) is 16.0. The number of nitrogens with zero attached hydrogens (tertiary/aromatic N) is 1. The Kier molecular flexibility index (Phi) is 4.76. The van der Waals surface area contributed by atoms with E-state index in [1.54, 1.807) is 60.4 Å². The van der Waals surface area contributed by atoms with Gasteiger partial charge in [-0.1, -0.05) is 23.7 Å². The average Bonchev–Trinajstić information content (AvgIpc) is 2.59. The van der Waals surface area contributed by atoms with Crippen LogP contribution in [0.2, 0.25) is 5.02 Å². The van der Waals surface area contributed by atoms with E-state index in [1.807, 2.05) is 0 Å². The summed E-state index contributed by atoms with van der Waals surface area (Å²) in [4.78, 5) is 26.2. The van der Waals surface area contributed by atoms with Crippen molar-refractivity contribution >= 4 is 34.8 Å². The molecule has 0 saturated carbocycles. The lowest BCUT2D eigenvalue weighted by Crippen LogP contribution is -2.44. The maximum Gasteiger partial charge on any atom is 0.268 e. The first-order valence-corrected chi connectivity index (χ1v) is 8.17. The summed E-state index contributed by atoms with van der Waals surface area (Å²) in [6.45, 7) is 5.77. The first kappa shape index (κ1) is 17.0. The molecule has 1 heterocycles. The smallest absolute Gasteiger partial charge is 0.268 e.